The summed E-state index contributed by atoms with van der Waals surface area (Å²) < 4.78 is 5.92. The minimum atomic E-state index is 0.344. The molecule has 0 amide bonds. The third-order valence-corrected chi connectivity index (χ3v) is 3.53. The van der Waals surface area contributed by atoms with Crippen LogP contribution >= 0.6 is 0 Å². The molecule has 0 heterocycles. The van der Waals surface area contributed by atoms with Gasteiger partial charge >= 0.3 is 0 Å². The Bertz CT molecular complexity index is 158. The van der Waals surface area contributed by atoms with Crippen molar-refractivity contribution < 1.29 is 9.84 Å². The lowest BCUT2D eigenvalue weighted by molar-refractivity contribution is -0.0474. The Hall–Kier alpha value is -0.0800. The van der Waals surface area contributed by atoms with Crippen LogP contribution in [0.2, 0.25) is 0 Å². The first kappa shape index (κ1) is 12.0. The Morgan fingerprint density at radius 3 is 2.64 bits per heavy atom. The van der Waals surface area contributed by atoms with Crippen LogP contribution in [0.15, 0.2) is 0 Å². The van der Waals surface area contributed by atoms with Crippen LogP contribution in [0.4, 0.5) is 0 Å². The fourth-order valence-electron chi connectivity index (χ4n) is 2.23. The van der Waals surface area contributed by atoms with Crippen LogP contribution in [0, 0.1) is 11.8 Å². The van der Waals surface area contributed by atoms with Crippen LogP contribution in [-0.2, 0) is 4.74 Å². The molecule has 1 aliphatic carbocycles. The zero-order chi connectivity index (χ0) is 10.6. The lowest BCUT2D eigenvalue weighted by Gasteiger charge is -2.34. The number of hydrogen-bond donors (Lipinski definition) is 1. The molecule has 4 unspecified atom stereocenters. The van der Waals surface area contributed by atoms with Gasteiger partial charge in [0.1, 0.15) is 0 Å². The molecule has 4 atom stereocenters. The quantitative estimate of drug-likeness (QED) is 0.756. The number of rotatable bonds is 4. The van der Waals surface area contributed by atoms with Crippen molar-refractivity contribution in [2.45, 2.75) is 58.7 Å². The van der Waals surface area contributed by atoms with Gasteiger partial charge in [0.25, 0.3) is 0 Å². The first-order valence-electron chi connectivity index (χ1n) is 5.93. The van der Waals surface area contributed by atoms with Crippen molar-refractivity contribution in [2.24, 2.45) is 11.8 Å². The Morgan fingerprint density at radius 1 is 1.43 bits per heavy atom. The summed E-state index contributed by atoms with van der Waals surface area (Å²) in [7, 11) is 0. The van der Waals surface area contributed by atoms with Crippen molar-refractivity contribution in [1.82, 2.24) is 0 Å². The van der Waals surface area contributed by atoms with Crippen molar-refractivity contribution in [2.75, 3.05) is 6.61 Å². The summed E-state index contributed by atoms with van der Waals surface area (Å²) in [6.07, 6.45) is 5.28. The molecule has 0 bridgehead atoms. The molecule has 1 rings (SSSR count). The fourth-order valence-corrected chi connectivity index (χ4v) is 2.23. The molecule has 0 aromatic carbocycles. The van der Waals surface area contributed by atoms with Crippen molar-refractivity contribution in [1.29, 1.82) is 0 Å². The molecule has 0 aliphatic heterocycles. The minimum absolute atomic E-state index is 0.344. The average molecular weight is 200 g/mol. The monoisotopic (exact) mass is 200 g/mol. The molecule has 1 fully saturated rings. The molecule has 1 N–H and O–H groups in total. The lowest BCUT2D eigenvalue weighted by atomic mass is 9.79. The van der Waals surface area contributed by atoms with Gasteiger partial charge in [-0.2, -0.15) is 0 Å². The van der Waals surface area contributed by atoms with E-state index in [-0.39, 0.29) is 0 Å². The SMILES string of the molecule is CCC(C)OC1CCC(CO)C(C)C1. The maximum Gasteiger partial charge on any atom is 0.0581 e. The summed E-state index contributed by atoms with van der Waals surface area (Å²) in [6.45, 7) is 6.88. The van der Waals surface area contributed by atoms with Crippen molar-refractivity contribution in [3.63, 3.8) is 0 Å². The van der Waals surface area contributed by atoms with E-state index in [9.17, 15) is 0 Å². The number of ether oxygens (including phenoxy) is 1. The average Bonchev–Trinajstić information content (AvgIpc) is 2.18. The van der Waals surface area contributed by atoms with Crippen LogP contribution < -0.4 is 0 Å². The molecule has 2 nitrogen and oxygen atoms in total. The van der Waals surface area contributed by atoms with E-state index < -0.39 is 0 Å². The van der Waals surface area contributed by atoms with E-state index in [4.69, 9.17) is 9.84 Å². The Balaban J connectivity index is 2.31. The van der Waals surface area contributed by atoms with Crippen LogP contribution in [0.5, 0.6) is 0 Å². The fraction of sp³-hybridized carbons (Fsp3) is 1.00. The first-order valence-corrected chi connectivity index (χ1v) is 5.93. The molecule has 0 aromatic heterocycles. The summed E-state index contributed by atoms with van der Waals surface area (Å²) in [5.41, 5.74) is 0. The normalized spacial score (nSPS) is 35.6. The highest BCUT2D eigenvalue weighted by Gasteiger charge is 2.27. The standard InChI is InChI=1S/C12H24O2/c1-4-10(3)14-12-6-5-11(8-13)9(2)7-12/h9-13H,4-8H2,1-3H3. The molecular formula is C12H24O2. The van der Waals surface area contributed by atoms with Gasteiger partial charge in [0.15, 0.2) is 0 Å². The van der Waals surface area contributed by atoms with E-state index in [0.29, 0.717) is 30.7 Å². The predicted octanol–water partition coefficient (Wildman–Crippen LogP) is 2.60. The summed E-state index contributed by atoms with van der Waals surface area (Å²) in [4.78, 5) is 0. The highest BCUT2D eigenvalue weighted by atomic mass is 16.5. The highest BCUT2D eigenvalue weighted by molar-refractivity contribution is 4.78. The maximum absolute atomic E-state index is 9.13. The minimum Gasteiger partial charge on any atom is -0.396 e. The van der Waals surface area contributed by atoms with Crippen molar-refractivity contribution >= 4 is 0 Å². The van der Waals surface area contributed by atoms with Gasteiger partial charge in [0.2, 0.25) is 0 Å². The van der Waals surface area contributed by atoms with E-state index >= 15 is 0 Å². The molecule has 1 aliphatic rings. The van der Waals surface area contributed by atoms with E-state index in [1.165, 1.54) is 0 Å². The number of hydrogen-bond acceptors (Lipinski definition) is 2. The van der Waals surface area contributed by atoms with Gasteiger partial charge in [-0.05, 0) is 44.4 Å². The van der Waals surface area contributed by atoms with Crippen LogP contribution in [0.3, 0.4) is 0 Å². The maximum atomic E-state index is 9.13. The molecule has 84 valence electrons. The number of aliphatic hydroxyl groups is 1. The summed E-state index contributed by atoms with van der Waals surface area (Å²) in [5, 5.41) is 9.13. The van der Waals surface area contributed by atoms with Crippen LogP contribution in [0.25, 0.3) is 0 Å². The second-order valence-corrected chi connectivity index (χ2v) is 4.71. The lowest BCUT2D eigenvalue weighted by Crippen LogP contribution is -2.31. The summed E-state index contributed by atoms with van der Waals surface area (Å²) in [5.74, 6) is 1.12. The van der Waals surface area contributed by atoms with Gasteiger partial charge in [0.05, 0.1) is 12.2 Å². The largest absolute Gasteiger partial charge is 0.396 e. The molecule has 14 heavy (non-hydrogen) atoms. The van der Waals surface area contributed by atoms with Crippen molar-refractivity contribution in [3.8, 4) is 0 Å². The molecule has 1 saturated carbocycles. The van der Waals surface area contributed by atoms with Crippen LogP contribution in [-0.4, -0.2) is 23.9 Å². The van der Waals surface area contributed by atoms with Gasteiger partial charge in [0, 0.05) is 6.61 Å². The third kappa shape index (κ3) is 3.25. The van der Waals surface area contributed by atoms with E-state index in [0.717, 1.165) is 25.7 Å². The zero-order valence-corrected chi connectivity index (χ0v) is 9.70. The topological polar surface area (TPSA) is 29.5 Å². The Kier molecular flexibility index (Phi) is 4.90. The highest BCUT2D eigenvalue weighted by Crippen LogP contribution is 2.31. The summed E-state index contributed by atoms with van der Waals surface area (Å²) >= 11 is 0. The van der Waals surface area contributed by atoms with Gasteiger partial charge < -0.3 is 9.84 Å². The Labute approximate surface area is 87.7 Å². The van der Waals surface area contributed by atoms with E-state index in [1.54, 1.807) is 0 Å². The second kappa shape index (κ2) is 5.72. The molecular weight excluding hydrogens is 176 g/mol. The molecule has 0 radical (unpaired) electrons. The zero-order valence-electron chi connectivity index (χ0n) is 9.70. The predicted molar refractivity (Wildman–Crippen MR) is 58.2 cm³/mol. The van der Waals surface area contributed by atoms with Crippen LogP contribution in [0.1, 0.15) is 46.5 Å². The van der Waals surface area contributed by atoms with Gasteiger partial charge in [-0.3, -0.25) is 0 Å². The van der Waals surface area contributed by atoms with Gasteiger partial charge in [-0.15, -0.1) is 0 Å². The smallest absolute Gasteiger partial charge is 0.0581 e. The van der Waals surface area contributed by atoms with E-state index in [1.807, 2.05) is 0 Å². The summed E-state index contributed by atoms with van der Waals surface area (Å²) in [6, 6.07) is 0. The van der Waals surface area contributed by atoms with Gasteiger partial charge in [-0.1, -0.05) is 13.8 Å². The number of aliphatic hydroxyl groups excluding tert-OH is 1. The molecule has 0 aromatic rings. The third-order valence-electron chi connectivity index (χ3n) is 3.53. The second-order valence-electron chi connectivity index (χ2n) is 4.71. The first-order chi connectivity index (χ1) is 6.67. The van der Waals surface area contributed by atoms with E-state index in [2.05, 4.69) is 20.8 Å². The Morgan fingerprint density at radius 2 is 2.14 bits per heavy atom. The van der Waals surface area contributed by atoms with Gasteiger partial charge in [-0.25, -0.2) is 0 Å². The molecule has 0 saturated heterocycles. The molecule has 0 spiro atoms. The molecule has 2 heteroatoms. The van der Waals surface area contributed by atoms with Crippen molar-refractivity contribution in [3.05, 3.63) is 0 Å².